The number of hydrogen-bond donors (Lipinski definition) is 4. The summed E-state index contributed by atoms with van der Waals surface area (Å²) < 4.78 is 46.0. The van der Waals surface area contributed by atoms with Gasteiger partial charge in [-0.3, -0.25) is 39.9 Å². The predicted octanol–water partition coefficient (Wildman–Crippen LogP) is 4.30. The van der Waals surface area contributed by atoms with Gasteiger partial charge in [0, 0.05) is 67.5 Å². The topological polar surface area (TPSA) is 184 Å². The number of halogens is 4. The fourth-order valence-electron chi connectivity index (χ4n) is 5.87. The number of rotatable bonds is 9. The smallest absolute Gasteiger partial charge is 0.387 e. The lowest BCUT2D eigenvalue weighted by Gasteiger charge is -2.35. The number of benzene rings is 1. The quantitative estimate of drug-likeness (QED) is 0.180. The minimum Gasteiger partial charge on any atom is -0.387 e. The first kappa shape index (κ1) is 36.4. The number of nitrogens with zero attached hydrogens (tertiary/aromatic N) is 5. The Labute approximate surface area is 292 Å². The van der Waals surface area contributed by atoms with Crippen LogP contribution in [0.1, 0.15) is 46.7 Å². The third-order valence-corrected chi connectivity index (χ3v) is 8.48. The summed E-state index contributed by atoms with van der Waals surface area (Å²) in [5, 5.41) is 21.9. The first-order valence-electron chi connectivity index (χ1n) is 15.4. The molecule has 2 aliphatic heterocycles. The molecule has 19 heteroatoms. The van der Waals surface area contributed by atoms with Crippen LogP contribution in [0, 0.1) is 10.1 Å². The molecule has 4 atom stereocenters. The number of carbonyl (C=O) groups is 3. The summed E-state index contributed by atoms with van der Waals surface area (Å²) in [5.41, 5.74) is 1.44. The highest BCUT2D eigenvalue weighted by Crippen LogP contribution is 2.36. The molecule has 2 fully saturated rings. The highest BCUT2D eigenvalue weighted by Gasteiger charge is 2.41. The van der Waals surface area contributed by atoms with Crippen molar-refractivity contribution in [3.05, 3.63) is 80.3 Å². The van der Waals surface area contributed by atoms with Crippen molar-refractivity contribution in [1.29, 1.82) is 0 Å². The number of amides is 3. The Hall–Kier alpha value is -4.88. The lowest BCUT2D eigenvalue weighted by atomic mass is 10.1. The van der Waals surface area contributed by atoms with Crippen LogP contribution >= 0.6 is 15.9 Å². The number of hydrazine groups is 1. The number of ether oxygens (including phenoxy) is 1. The van der Waals surface area contributed by atoms with Gasteiger partial charge >= 0.3 is 6.18 Å². The molecule has 0 bridgehead atoms. The summed E-state index contributed by atoms with van der Waals surface area (Å²) in [7, 11) is 1.64. The van der Waals surface area contributed by atoms with E-state index < -0.39 is 52.3 Å². The number of nitro groups is 1. The number of nitrogens with one attached hydrogen (secondary N) is 4. The van der Waals surface area contributed by atoms with Crippen molar-refractivity contribution in [3.63, 3.8) is 0 Å². The van der Waals surface area contributed by atoms with Crippen LogP contribution in [0.5, 0.6) is 0 Å². The van der Waals surface area contributed by atoms with Crippen LogP contribution in [0.2, 0.25) is 0 Å². The number of carbonyl (C=O) groups excluding carboxylic acids is 3. The second-order valence-corrected chi connectivity index (χ2v) is 12.8. The van der Waals surface area contributed by atoms with E-state index in [2.05, 4.69) is 47.3 Å². The SMILES string of the molecule is CNc1cncc(C(=O)NN2C[C@H](Nc3c(C(=O)N4C[C@@H](C)O[C@@H](C)C4)cc(Br)cc3[N+](=O)[O-])C[C@H]2C(=O)Nc2ccnc(C(F)(F)F)c2)c1. The van der Waals surface area contributed by atoms with E-state index in [0.717, 1.165) is 6.20 Å². The molecule has 15 nitrogen and oxygen atoms in total. The van der Waals surface area contributed by atoms with Crippen LogP contribution < -0.4 is 21.4 Å². The maximum Gasteiger partial charge on any atom is 0.433 e. The van der Waals surface area contributed by atoms with Gasteiger partial charge in [-0.05, 0) is 44.5 Å². The van der Waals surface area contributed by atoms with Gasteiger partial charge in [0.15, 0.2) is 0 Å². The van der Waals surface area contributed by atoms with Crippen molar-refractivity contribution in [1.82, 2.24) is 25.3 Å². The molecule has 3 aromatic rings. The van der Waals surface area contributed by atoms with Crippen molar-refractivity contribution in [3.8, 4) is 0 Å². The molecule has 3 amide bonds. The Bertz CT molecular complexity index is 1790. The maximum absolute atomic E-state index is 13.9. The van der Waals surface area contributed by atoms with Crippen LogP contribution in [0.15, 0.2) is 53.4 Å². The number of nitro benzene ring substituents is 1. The molecular formula is C31H33BrF3N9O6. The van der Waals surface area contributed by atoms with E-state index in [4.69, 9.17) is 4.74 Å². The minimum atomic E-state index is -4.76. The number of anilines is 3. The molecule has 5 rings (SSSR count). The lowest BCUT2D eigenvalue weighted by molar-refractivity contribution is -0.384. The fourth-order valence-corrected chi connectivity index (χ4v) is 6.32. The van der Waals surface area contributed by atoms with E-state index in [1.165, 1.54) is 41.7 Å². The number of aromatic nitrogens is 2. The summed E-state index contributed by atoms with van der Waals surface area (Å²) in [6, 6.07) is 4.15. The van der Waals surface area contributed by atoms with Gasteiger partial charge in [-0.2, -0.15) is 13.2 Å². The maximum atomic E-state index is 13.9. The van der Waals surface area contributed by atoms with Crippen molar-refractivity contribution in [2.24, 2.45) is 0 Å². The Morgan fingerprint density at radius 3 is 2.44 bits per heavy atom. The second-order valence-electron chi connectivity index (χ2n) is 11.9. The van der Waals surface area contributed by atoms with Crippen LogP contribution in [-0.2, 0) is 15.7 Å². The van der Waals surface area contributed by atoms with Crippen LogP contribution in [0.3, 0.4) is 0 Å². The molecule has 1 aromatic carbocycles. The van der Waals surface area contributed by atoms with Crippen molar-refractivity contribution in [2.75, 3.05) is 42.6 Å². The summed E-state index contributed by atoms with van der Waals surface area (Å²) >= 11 is 3.27. The van der Waals surface area contributed by atoms with Crippen LogP contribution in [-0.4, -0.2) is 93.5 Å². The Morgan fingerprint density at radius 2 is 1.78 bits per heavy atom. The van der Waals surface area contributed by atoms with E-state index in [-0.39, 0.29) is 65.2 Å². The van der Waals surface area contributed by atoms with Gasteiger partial charge in [-0.1, -0.05) is 15.9 Å². The Morgan fingerprint density at radius 1 is 1.06 bits per heavy atom. The normalized spacial score (nSPS) is 21.0. The zero-order valence-electron chi connectivity index (χ0n) is 27.0. The van der Waals surface area contributed by atoms with Gasteiger partial charge in [0.05, 0.1) is 33.9 Å². The molecule has 4 N–H and O–H groups in total. The Kier molecular flexibility index (Phi) is 10.9. The van der Waals surface area contributed by atoms with E-state index in [1.807, 2.05) is 13.8 Å². The molecule has 2 saturated heterocycles. The number of alkyl halides is 3. The monoisotopic (exact) mass is 763 g/mol. The average molecular weight is 765 g/mol. The summed E-state index contributed by atoms with van der Waals surface area (Å²) in [5.74, 6) is -1.89. The van der Waals surface area contributed by atoms with Crippen molar-refractivity contribution in [2.45, 2.75) is 50.7 Å². The molecule has 2 aromatic heterocycles. The molecule has 0 saturated carbocycles. The van der Waals surface area contributed by atoms with Crippen LogP contribution in [0.25, 0.3) is 0 Å². The largest absolute Gasteiger partial charge is 0.433 e. The summed E-state index contributed by atoms with van der Waals surface area (Å²) in [6.07, 6.45) is -1.68. The first-order chi connectivity index (χ1) is 23.6. The summed E-state index contributed by atoms with van der Waals surface area (Å²) in [6.45, 7) is 4.03. The van der Waals surface area contributed by atoms with E-state index in [0.29, 0.717) is 11.8 Å². The number of pyridine rings is 2. The number of morpholine rings is 1. The lowest BCUT2D eigenvalue weighted by Crippen LogP contribution is -2.50. The zero-order chi connectivity index (χ0) is 36.3. The van der Waals surface area contributed by atoms with E-state index in [9.17, 15) is 37.7 Å². The zero-order valence-corrected chi connectivity index (χ0v) is 28.5. The van der Waals surface area contributed by atoms with Gasteiger partial charge < -0.3 is 25.6 Å². The highest BCUT2D eigenvalue weighted by molar-refractivity contribution is 9.10. The Balaban J connectivity index is 1.46. The molecule has 0 spiro atoms. The predicted molar refractivity (Wildman–Crippen MR) is 178 cm³/mol. The molecule has 0 radical (unpaired) electrons. The van der Waals surface area contributed by atoms with Crippen molar-refractivity contribution < 1.29 is 37.2 Å². The standard InChI is InChI=1S/C31H33BrF3N9O6/c1-16-13-42(14-17(2)50-16)30(47)23-7-19(32)8-24(44(48)49)27(23)39-22-9-25(29(46)40-20-4-5-38-26(10-20)31(33,34)35)43(15-22)41-28(45)18-6-21(36-3)12-37-11-18/h4-8,10-12,16-17,22,25,36,39H,9,13-15H2,1-3H3,(H,41,45)(H,38,40,46)/t16-,17+,22-,25+/m1/s1. The minimum absolute atomic E-state index is 0.00211. The van der Waals surface area contributed by atoms with E-state index in [1.54, 1.807) is 11.9 Å². The highest BCUT2D eigenvalue weighted by atomic mass is 79.9. The molecule has 0 unspecified atom stereocenters. The summed E-state index contributed by atoms with van der Waals surface area (Å²) in [4.78, 5) is 61.3. The van der Waals surface area contributed by atoms with E-state index >= 15 is 0 Å². The molecule has 0 aliphatic carbocycles. The van der Waals surface area contributed by atoms with Crippen molar-refractivity contribution >= 4 is 56.4 Å². The third kappa shape index (κ3) is 8.45. The fraction of sp³-hybridized carbons (Fsp3) is 0.387. The molecule has 50 heavy (non-hydrogen) atoms. The van der Waals surface area contributed by atoms with Gasteiger partial charge in [-0.25, -0.2) is 5.01 Å². The average Bonchev–Trinajstić information content (AvgIpc) is 3.46. The molecule has 4 heterocycles. The molecule has 266 valence electrons. The van der Waals surface area contributed by atoms with Gasteiger partial charge in [-0.15, -0.1) is 0 Å². The second kappa shape index (κ2) is 14.9. The van der Waals surface area contributed by atoms with Gasteiger partial charge in [0.2, 0.25) is 5.91 Å². The number of hydrogen-bond acceptors (Lipinski definition) is 11. The molecular weight excluding hydrogens is 731 g/mol. The van der Waals surface area contributed by atoms with Gasteiger partial charge in [0.1, 0.15) is 17.4 Å². The van der Waals surface area contributed by atoms with Crippen LogP contribution in [0.4, 0.5) is 35.9 Å². The third-order valence-electron chi connectivity index (χ3n) is 8.02. The van der Waals surface area contributed by atoms with Gasteiger partial charge in [0.25, 0.3) is 17.5 Å². The molecule has 2 aliphatic rings. The first-order valence-corrected chi connectivity index (χ1v) is 16.2.